The van der Waals surface area contributed by atoms with Crippen LogP contribution in [-0.4, -0.2) is 45.9 Å². The van der Waals surface area contributed by atoms with Crippen molar-refractivity contribution in [2.75, 3.05) is 20.2 Å². The monoisotopic (exact) mass is 241 g/mol. The molecule has 96 valence electrons. The molecule has 0 aliphatic carbocycles. The number of aryl methyl sites for hydroxylation is 1. The molecule has 0 unspecified atom stereocenters. The standard InChI is InChI=1S/C11H19N3O3/c1-13(9-11(15)16)17-8-4-2-3-6-14-7-5-12-10-14/h5,7,10H,2-4,6,8-9H2,1H3,(H,15,16). The van der Waals surface area contributed by atoms with Crippen LogP contribution in [0.2, 0.25) is 0 Å². The fraction of sp³-hybridized carbons (Fsp3) is 0.636. The molecule has 0 aromatic carbocycles. The molecule has 6 heteroatoms. The van der Waals surface area contributed by atoms with Crippen molar-refractivity contribution >= 4 is 5.97 Å². The topological polar surface area (TPSA) is 67.6 Å². The molecule has 1 aromatic rings. The van der Waals surface area contributed by atoms with E-state index in [0.717, 1.165) is 25.8 Å². The van der Waals surface area contributed by atoms with Gasteiger partial charge < -0.3 is 9.67 Å². The summed E-state index contributed by atoms with van der Waals surface area (Å²) in [5.74, 6) is -0.882. The predicted molar refractivity (Wildman–Crippen MR) is 62.3 cm³/mol. The Balaban J connectivity index is 1.92. The zero-order valence-corrected chi connectivity index (χ0v) is 10.1. The Morgan fingerprint density at radius 2 is 2.29 bits per heavy atom. The molecule has 0 radical (unpaired) electrons. The molecule has 0 saturated heterocycles. The van der Waals surface area contributed by atoms with Gasteiger partial charge in [0.2, 0.25) is 0 Å². The number of aromatic nitrogens is 2. The van der Waals surface area contributed by atoms with Gasteiger partial charge in [-0.25, -0.2) is 4.98 Å². The van der Waals surface area contributed by atoms with Crippen LogP contribution in [0.25, 0.3) is 0 Å². The Labute approximate surface area is 101 Å². The average molecular weight is 241 g/mol. The van der Waals surface area contributed by atoms with Crippen LogP contribution in [0, 0.1) is 0 Å². The van der Waals surface area contributed by atoms with E-state index in [-0.39, 0.29) is 6.54 Å². The maximum Gasteiger partial charge on any atom is 0.320 e. The van der Waals surface area contributed by atoms with Gasteiger partial charge in [0.05, 0.1) is 12.9 Å². The minimum atomic E-state index is -0.882. The van der Waals surface area contributed by atoms with E-state index in [1.165, 1.54) is 5.06 Å². The number of carboxylic acids is 1. The van der Waals surface area contributed by atoms with Crippen LogP contribution in [0.3, 0.4) is 0 Å². The van der Waals surface area contributed by atoms with E-state index < -0.39 is 5.97 Å². The van der Waals surface area contributed by atoms with Crippen LogP contribution in [0.15, 0.2) is 18.7 Å². The number of unbranched alkanes of at least 4 members (excludes halogenated alkanes) is 2. The second-order valence-electron chi connectivity index (χ2n) is 3.87. The number of imidazole rings is 1. The Kier molecular flexibility index (Phi) is 6.27. The van der Waals surface area contributed by atoms with Crippen LogP contribution in [-0.2, 0) is 16.2 Å². The van der Waals surface area contributed by atoms with Crippen molar-refractivity contribution in [1.82, 2.24) is 14.6 Å². The summed E-state index contributed by atoms with van der Waals surface area (Å²) >= 11 is 0. The Morgan fingerprint density at radius 1 is 1.47 bits per heavy atom. The molecule has 1 N–H and O–H groups in total. The van der Waals surface area contributed by atoms with E-state index in [1.807, 2.05) is 10.8 Å². The summed E-state index contributed by atoms with van der Waals surface area (Å²) in [4.78, 5) is 19.5. The van der Waals surface area contributed by atoms with E-state index in [4.69, 9.17) is 9.94 Å². The molecule has 0 bridgehead atoms. The molecule has 0 aliphatic heterocycles. The lowest BCUT2D eigenvalue weighted by atomic mass is 10.2. The van der Waals surface area contributed by atoms with Crippen LogP contribution in [0.5, 0.6) is 0 Å². The molecule has 0 saturated carbocycles. The van der Waals surface area contributed by atoms with Gasteiger partial charge in [-0.1, -0.05) is 0 Å². The minimum Gasteiger partial charge on any atom is -0.480 e. The molecule has 0 atom stereocenters. The van der Waals surface area contributed by atoms with Gasteiger partial charge in [-0.3, -0.25) is 9.63 Å². The van der Waals surface area contributed by atoms with E-state index in [1.54, 1.807) is 19.6 Å². The number of rotatable bonds is 9. The number of hydroxylamine groups is 2. The zero-order valence-electron chi connectivity index (χ0n) is 10.1. The van der Waals surface area contributed by atoms with Gasteiger partial charge in [-0.05, 0) is 19.3 Å². The Bertz CT molecular complexity index is 314. The Morgan fingerprint density at radius 3 is 2.94 bits per heavy atom. The summed E-state index contributed by atoms with van der Waals surface area (Å²) in [5, 5.41) is 9.85. The first-order chi connectivity index (χ1) is 8.18. The second kappa shape index (κ2) is 7.81. The van der Waals surface area contributed by atoms with Crippen molar-refractivity contribution < 1.29 is 14.7 Å². The lowest BCUT2D eigenvalue weighted by Gasteiger charge is -2.13. The summed E-state index contributed by atoms with van der Waals surface area (Å²) in [7, 11) is 1.62. The number of hydrogen-bond acceptors (Lipinski definition) is 4. The molecule has 0 fully saturated rings. The summed E-state index contributed by atoms with van der Waals surface area (Å²) in [5.41, 5.74) is 0. The SMILES string of the molecule is CN(CC(=O)O)OCCCCCn1ccnc1. The maximum atomic E-state index is 10.3. The number of carbonyl (C=O) groups is 1. The number of carboxylic acid groups (broad SMARTS) is 1. The lowest BCUT2D eigenvalue weighted by Crippen LogP contribution is -2.26. The molecule has 17 heavy (non-hydrogen) atoms. The average Bonchev–Trinajstić information content (AvgIpc) is 2.75. The summed E-state index contributed by atoms with van der Waals surface area (Å²) < 4.78 is 2.04. The Hall–Kier alpha value is -1.40. The first kappa shape index (κ1) is 13.7. The number of likely N-dealkylation sites (N-methyl/N-ethyl adjacent to an activating group) is 1. The molecule has 0 aliphatic rings. The summed E-state index contributed by atoms with van der Waals surface area (Å²) in [6.45, 7) is 1.44. The largest absolute Gasteiger partial charge is 0.480 e. The lowest BCUT2D eigenvalue weighted by molar-refractivity contribution is -0.166. The van der Waals surface area contributed by atoms with Crippen LogP contribution in [0.4, 0.5) is 0 Å². The van der Waals surface area contributed by atoms with Gasteiger partial charge in [0.15, 0.2) is 0 Å². The quantitative estimate of drug-likeness (QED) is 0.516. The van der Waals surface area contributed by atoms with Gasteiger partial charge in [-0.2, -0.15) is 5.06 Å². The highest BCUT2D eigenvalue weighted by Crippen LogP contribution is 2.00. The highest BCUT2D eigenvalue weighted by molar-refractivity contribution is 5.68. The normalized spacial score (nSPS) is 10.9. The molecule has 1 heterocycles. The van der Waals surface area contributed by atoms with Crippen molar-refractivity contribution in [2.45, 2.75) is 25.8 Å². The van der Waals surface area contributed by atoms with Crippen LogP contribution >= 0.6 is 0 Å². The molecule has 0 amide bonds. The van der Waals surface area contributed by atoms with Crippen molar-refractivity contribution in [3.63, 3.8) is 0 Å². The molecule has 1 rings (SSSR count). The van der Waals surface area contributed by atoms with Crippen LogP contribution < -0.4 is 0 Å². The highest BCUT2D eigenvalue weighted by atomic mass is 16.7. The maximum absolute atomic E-state index is 10.3. The van der Waals surface area contributed by atoms with Crippen molar-refractivity contribution in [3.8, 4) is 0 Å². The molecule has 6 nitrogen and oxygen atoms in total. The second-order valence-corrected chi connectivity index (χ2v) is 3.87. The third-order valence-electron chi connectivity index (χ3n) is 2.29. The molecular weight excluding hydrogens is 222 g/mol. The minimum absolute atomic E-state index is 0.0883. The summed E-state index contributed by atoms with van der Waals surface area (Å²) in [6.07, 6.45) is 8.57. The van der Waals surface area contributed by atoms with Crippen molar-refractivity contribution in [3.05, 3.63) is 18.7 Å². The van der Waals surface area contributed by atoms with Gasteiger partial charge in [-0.15, -0.1) is 0 Å². The number of hydrogen-bond donors (Lipinski definition) is 1. The number of aliphatic carboxylic acids is 1. The first-order valence-electron chi connectivity index (χ1n) is 5.70. The molecule has 1 aromatic heterocycles. The van der Waals surface area contributed by atoms with Crippen LogP contribution in [0.1, 0.15) is 19.3 Å². The molecular formula is C11H19N3O3. The third-order valence-corrected chi connectivity index (χ3v) is 2.29. The van der Waals surface area contributed by atoms with Gasteiger partial charge in [0, 0.05) is 26.0 Å². The van der Waals surface area contributed by atoms with Gasteiger partial charge >= 0.3 is 5.97 Å². The van der Waals surface area contributed by atoms with Gasteiger partial charge in [0.1, 0.15) is 6.54 Å². The summed E-state index contributed by atoms with van der Waals surface area (Å²) in [6, 6.07) is 0. The smallest absolute Gasteiger partial charge is 0.320 e. The van der Waals surface area contributed by atoms with E-state index >= 15 is 0 Å². The van der Waals surface area contributed by atoms with E-state index in [2.05, 4.69) is 4.98 Å². The van der Waals surface area contributed by atoms with Crippen molar-refractivity contribution in [2.24, 2.45) is 0 Å². The van der Waals surface area contributed by atoms with Gasteiger partial charge in [0.25, 0.3) is 0 Å². The van der Waals surface area contributed by atoms with E-state index in [9.17, 15) is 4.79 Å². The molecule has 0 spiro atoms. The van der Waals surface area contributed by atoms with E-state index in [0.29, 0.717) is 6.61 Å². The zero-order chi connectivity index (χ0) is 12.5. The fourth-order valence-corrected chi connectivity index (χ4v) is 1.45. The third kappa shape index (κ3) is 6.70. The van der Waals surface area contributed by atoms with Crippen molar-refractivity contribution in [1.29, 1.82) is 0 Å². The fourth-order valence-electron chi connectivity index (χ4n) is 1.45. The number of nitrogens with zero attached hydrogens (tertiary/aromatic N) is 3. The predicted octanol–water partition coefficient (Wildman–Crippen LogP) is 1.00. The highest BCUT2D eigenvalue weighted by Gasteiger charge is 2.03. The first-order valence-corrected chi connectivity index (χ1v) is 5.70.